The molecule has 8 aromatic rings. The summed E-state index contributed by atoms with van der Waals surface area (Å²) in [6, 6.07) is 67.2. The van der Waals surface area contributed by atoms with Gasteiger partial charge in [-0.25, -0.2) is 0 Å². The monoisotopic (exact) mass is 707 g/mol. The number of hydrogen-bond donors (Lipinski definition) is 0. The Kier molecular flexibility index (Phi) is 7.52. The fourth-order valence-electron chi connectivity index (χ4n) is 10.0. The standard InChI is InChI=1S/C53H41NO/c1-3-14-36(15-4-1)38-26-31-41(32-27-38)54(42-33-28-39(29-34-42)37-16-5-2-6-17-37)49-24-13-23-47-51(49)44-20-9-10-21-45(44)53(47)46-22-11-12-25-50(46)55-52-43-19-8-7-18-40(43)30-35-48(52)53/h1,3-4,7-15,18-35,37H,2,5-6,16-17H2. The van der Waals surface area contributed by atoms with Gasteiger partial charge in [-0.05, 0) is 93.9 Å². The molecule has 0 N–H and O–H groups in total. The summed E-state index contributed by atoms with van der Waals surface area (Å²) in [4.78, 5) is 2.49. The Morgan fingerprint density at radius 3 is 1.95 bits per heavy atom. The second kappa shape index (κ2) is 12.9. The summed E-state index contributed by atoms with van der Waals surface area (Å²) >= 11 is 0. The van der Waals surface area contributed by atoms with Crippen LogP contribution in [-0.2, 0) is 5.41 Å². The van der Waals surface area contributed by atoms with Crippen LogP contribution in [-0.4, -0.2) is 0 Å². The van der Waals surface area contributed by atoms with Crippen LogP contribution in [0, 0.1) is 0 Å². The maximum absolute atomic E-state index is 6.92. The van der Waals surface area contributed by atoms with Gasteiger partial charge in [-0.15, -0.1) is 0 Å². The molecule has 1 saturated carbocycles. The third kappa shape index (κ3) is 4.94. The van der Waals surface area contributed by atoms with Gasteiger partial charge in [0.2, 0.25) is 0 Å². The lowest BCUT2D eigenvalue weighted by atomic mass is 9.65. The first-order valence-corrected chi connectivity index (χ1v) is 19.9. The zero-order valence-corrected chi connectivity index (χ0v) is 30.8. The molecule has 3 aliphatic rings. The summed E-state index contributed by atoms with van der Waals surface area (Å²) in [5.41, 5.74) is 14.3. The molecule has 0 bridgehead atoms. The highest BCUT2D eigenvalue weighted by molar-refractivity contribution is 6.00. The predicted octanol–water partition coefficient (Wildman–Crippen LogP) is 14.5. The van der Waals surface area contributed by atoms with Crippen LogP contribution in [0.5, 0.6) is 11.5 Å². The van der Waals surface area contributed by atoms with Crippen LogP contribution in [0.3, 0.4) is 0 Å². The fraction of sp³-hybridized carbons (Fsp3) is 0.132. The number of fused-ring (bicyclic) bond motifs is 11. The molecule has 1 atom stereocenters. The lowest BCUT2D eigenvalue weighted by molar-refractivity contribution is 0.441. The molecule has 0 saturated heterocycles. The largest absolute Gasteiger partial charge is 0.456 e. The second-order valence-electron chi connectivity index (χ2n) is 15.4. The van der Waals surface area contributed by atoms with Gasteiger partial charge in [0, 0.05) is 33.5 Å². The molecular formula is C53H41NO. The van der Waals surface area contributed by atoms with Gasteiger partial charge in [0.25, 0.3) is 0 Å². The second-order valence-corrected chi connectivity index (χ2v) is 15.4. The average Bonchev–Trinajstić information content (AvgIpc) is 3.56. The zero-order valence-electron chi connectivity index (χ0n) is 30.8. The summed E-state index contributed by atoms with van der Waals surface area (Å²) in [7, 11) is 0. The van der Waals surface area contributed by atoms with Crippen LogP contribution in [0.25, 0.3) is 33.0 Å². The molecule has 1 unspecified atom stereocenters. The topological polar surface area (TPSA) is 12.5 Å². The van der Waals surface area contributed by atoms with Gasteiger partial charge in [0.05, 0.1) is 11.1 Å². The van der Waals surface area contributed by atoms with E-state index in [-0.39, 0.29) is 0 Å². The Labute approximate surface area is 323 Å². The molecule has 2 aliphatic carbocycles. The summed E-state index contributed by atoms with van der Waals surface area (Å²) < 4.78 is 6.92. The van der Waals surface area contributed by atoms with E-state index in [0.29, 0.717) is 5.92 Å². The molecule has 1 aliphatic heterocycles. The highest BCUT2D eigenvalue weighted by atomic mass is 16.5. The number of anilines is 3. The van der Waals surface area contributed by atoms with Gasteiger partial charge in [0.15, 0.2) is 0 Å². The molecule has 264 valence electrons. The van der Waals surface area contributed by atoms with Crippen LogP contribution < -0.4 is 9.64 Å². The van der Waals surface area contributed by atoms with E-state index in [0.717, 1.165) is 28.3 Å². The van der Waals surface area contributed by atoms with E-state index in [9.17, 15) is 0 Å². The first-order valence-electron chi connectivity index (χ1n) is 19.9. The molecule has 1 fully saturated rings. The molecule has 0 radical (unpaired) electrons. The van der Waals surface area contributed by atoms with E-state index >= 15 is 0 Å². The molecular weight excluding hydrogens is 667 g/mol. The Balaban J connectivity index is 1.16. The molecule has 55 heavy (non-hydrogen) atoms. The molecule has 11 rings (SSSR count). The smallest absolute Gasteiger partial charge is 0.140 e. The quantitative estimate of drug-likeness (QED) is 0.177. The predicted molar refractivity (Wildman–Crippen MR) is 227 cm³/mol. The number of nitrogens with zero attached hydrogens (tertiary/aromatic N) is 1. The fourth-order valence-corrected chi connectivity index (χ4v) is 10.0. The van der Waals surface area contributed by atoms with Crippen molar-refractivity contribution in [3.63, 3.8) is 0 Å². The minimum Gasteiger partial charge on any atom is -0.456 e. The number of para-hydroxylation sites is 1. The van der Waals surface area contributed by atoms with Crippen LogP contribution in [0.4, 0.5) is 17.1 Å². The van der Waals surface area contributed by atoms with Crippen molar-refractivity contribution in [3.05, 3.63) is 210 Å². The van der Waals surface area contributed by atoms with Gasteiger partial charge >= 0.3 is 0 Å². The maximum Gasteiger partial charge on any atom is 0.140 e. The number of benzene rings is 8. The highest BCUT2D eigenvalue weighted by Gasteiger charge is 2.52. The van der Waals surface area contributed by atoms with Crippen LogP contribution in [0.15, 0.2) is 182 Å². The molecule has 1 spiro atoms. The minimum atomic E-state index is -0.566. The van der Waals surface area contributed by atoms with Gasteiger partial charge in [-0.1, -0.05) is 165 Å². The van der Waals surface area contributed by atoms with E-state index in [1.54, 1.807) is 0 Å². The lowest BCUT2D eigenvalue weighted by Crippen LogP contribution is -2.32. The van der Waals surface area contributed by atoms with Crippen molar-refractivity contribution in [3.8, 4) is 33.8 Å². The summed E-state index contributed by atoms with van der Waals surface area (Å²) in [6.45, 7) is 0. The van der Waals surface area contributed by atoms with Crippen LogP contribution >= 0.6 is 0 Å². The SMILES string of the molecule is c1ccc(-c2ccc(N(c3ccc(C4CCCCC4)cc3)c3cccc4c3-c3ccccc3C43c4ccccc4Oc4c3ccc3ccccc43)cc2)cc1. The highest BCUT2D eigenvalue weighted by Crippen LogP contribution is 2.64. The third-order valence-electron chi connectivity index (χ3n) is 12.5. The van der Waals surface area contributed by atoms with Crippen molar-refractivity contribution in [2.45, 2.75) is 43.4 Å². The molecule has 2 nitrogen and oxygen atoms in total. The molecule has 0 amide bonds. The van der Waals surface area contributed by atoms with Crippen LogP contribution in [0.1, 0.15) is 65.8 Å². The number of hydrogen-bond acceptors (Lipinski definition) is 2. The summed E-state index contributed by atoms with van der Waals surface area (Å²) in [5, 5.41) is 2.31. The minimum absolute atomic E-state index is 0.566. The Bertz CT molecular complexity index is 2710. The van der Waals surface area contributed by atoms with Crippen LogP contribution in [0.2, 0.25) is 0 Å². The van der Waals surface area contributed by atoms with Gasteiger partial charge < -0.3 is 9.64 Å². The molecule has 1 heterocycles. The van der Waals surface area contributed by atoms with Crippen molar-refractivity contribution in [1.29, 1.82) is 0 Å². The van der Waals surface area contributed by atoms with E-state index in [1.807, 2.05) is 0 Å². The van der Waals surface area contributed by atoms with E-state index in [1.165, 1.54) is 93.2 Å². The van der Waals surface area contributed by atoms with Gasteiger partial charge in [-0.2, -0.15) is 0 Å². The maximum atomic E-state index is 6.92. The Morgan fingerprint density at radius 1 is 0.473 bits per heavy atom. The van der Waals surface area contributed by atoms with E-state index < -0.39 is 5.41 Å². The first-order chi connectivity index (χ1) is 27.3. The Hall–Kier alpha value is -6.38. The third-order valence-corrected chi connectivity index (χ3v) is 12.5. The van der Waals surface area contributed by atoms with Crippen molar-refractivity contribution in [2.75, 3.05) is 4.90 Å². The van der Waals surface area contributed by atoms with E-state index in [4.69, 9.17) is 4.74 Å². The normalized spacial score (nSPS) is 16.9. The van der Waals surface area contributed by atoms with Crippen molar-refractivity contribution < 1.29 is 4.74 Å². The average molecular weight is 708 g/mol. The van der Waals surface area contributed by atoms with Crippen molar-refractivity contribution >= 4 is 27.8 Å². The van der Waals surface area contributed by atoms with Crippen molar-refractivity contribution in [2.24, 2.45) is 0 Å². The number of rotatable bonds is 5. The van der Waals surface area contributed by atoms with Crippen molar-refractivity contribution in [1.82, 2.24) is 0 Å². The summed E-state index contributed by atoms with van der Waals surface area (Å²) in [6.07, 6.45) is 6.60. The molecule has 8 aromatic carbocycles. The molecule has 0 aromatic heterocycles. The van der Waals surface area contributed by atoms with Gasteiger partial charge in [0.1, 0.15) is 11.5 Å². The molecule has 2 heteroatoms. The number of ether oxygens (including phenoxy) is 1. The Morgan fingerprint density at radius 2 is 1.13 bits per heavy atom. The van der Waals surface area contributed by atoms with Gasteiger partial charge in [-0.3, -0.25) is 0 Å². The lowest BCUT2D eigenvalue weighted by Gasteiger charge is -2.40. The van der Waals surface area contributed by atoms with E-state index in [2.05, 4.69) is 187 Å². The first kappa shape index (κ1) is 32.1. The summed E-state index contributed by atoms with van der Waals surface area (Å²) in [5.74, 6) is 2.50. The zero-order chi connectivity index (χ0) is 36.3.